The molecule has 2 atom stereocenters. The molecule has 0 saturated heterocycles. The van der Waals surface area contributed by atoms with Crippen LogP contribution >= 0.6 is 15.2 Å². The molecule has 0 heterocycles. The standard InChI is InChI=1S/C13H28F2O6P2/c1-5-18-22(16,19-6-2)12(14)10-9-11-13(15)23(17,20-7-3)21-8-4/h12-13H,5-11H2,1-4H3. The second kappa shape index (κ2) is 11.7. The highest BCUT2D eigenvalue weighted by molar-refractivity contribution is 7.54. The van der Waals surface area contributed by atoms with Crippen molar-refractivity contribution in [2.45, 2.75) is 58.8 Å². The Hall–Kier alpha value is 0.160. The lowest BCUT2D eigenvalue weighted by molar-refractivity contribution is 0.178. The van der Waals surface area contributed by atoms with Crippen molar-refractivity contribution in [3.8, 4) is 0 Å². The molecule has 0 amide bonds. The average Bonchev–Trinajstić information content (AvgIpc) is 2.47. The summed E-state index contributed by atoms with van der Waals surface area (Å²) in [5.74, 6) is -3.71. The molecule has 0 aromatic carbocycles. The zero-order valence-electron chi connectivity index (χ0n) is 14.2. The molecule has 140 valence electrons. The predicted octanol–water partition coefficient (Wildman–Crippen LogP) is 5.28. The van der Waals surface area contributed by atoms with Gasteiger partial charge in [0, 0.05) is 0 Å². The van der Waals surface area contributed by atoms with Crippen LogP contribution in [0.15, 0.2) is 0 Å². The van der Waals surface area contributed by atoms with Crippen LogP contribution in [0.4, 0.5) is 8.78 Å². The molecule has 0 N–H and O–H groups in total. The molecule has 0 aliphatic heterocycles. The van der Waals surface area contributed by atoms with Gasteiger partial charge in [0.05, 0.1) is 26.4 Å². The van der Waals surface area contributed by atoms with Gasteiger partial charge in [-0.25, -0.2) is 8.78 Å². The quantitative estimate of drug-likeness (QED) is 0.382. The van der Waals surface area contributed by atoms with E-state index in [1.165, 1.54) is 0 Å². The maximum Gasteiger partial charge on any atom is 0.364 e. The molecule has 2 unspecified atom stereocenters. The van der Waals surface area contributed by atoms with Crippen LogP contribution in [0.1, 0.15) is 47.0 Å². The molecule has 0 saturated carbocycles. The Bertz CT molecular complexity index is 354. The summed E-state index contributed by atoms with van der Waals surface area (Å²) < 4.78 is 72.1. The number of rotatable bonds is 14. The Labute approximate surface area is 137 Å². The Balaban J connectivity index is 4.56. The van der Waals surface area contributed by atoms with Crippen molar-refractivity contribution in [3.05, 3.63) is 0 Å². The van der Waals surface area contributed by atoms with E-state index in [1.54, 1.807) is 27.7 Å². The summed E-state index contributed by atoms with van der Waals surface area (Å²) in [6.45, 7) is 6.51. The molecule has 0 aliphatic rings. The van der Waals surface area contributed by atoms with E-state index in [-0.39, 0.29) is 45.7 Å². The summed E-state index contributed by atoms with van der Waals surface area (Å²) in [6, 6.07) is 0. The molecule has 0 aromatic rings. The third kappa shape index (κ3) is 7.72. The first-order chi connectivity index (χ1) is 10.8. The highest BCUT2D eigenvalue weighted by Gasteiger charge is 2.38. The van der Waals surface area contributed by atoms with E-state index < -0.39 is 27.0 Å². The summed E-state index contributed by atoms with van der Waals surface area (Å²) in [7, 11) is -7.71. The lowest BCUT2D eigenvalue weighted by Gasteiger charge is -2.22. The van der Waals surface area contributed by atoms with Crippen LogP contribution in [-0.2, 0) is 27.2 Å². The first-order valence-corrected chi connectivity index (χ1v) is 11.1. The van der Waals surface area contributed by atoms with E-state index in [4.69, 9.17) is 18.1 Å². The van der Waals surface area contributed by atoms with Crippen molar-refractivity contribution in [2.24, 2.45) is 0 Å². The SMILES string of the molecule is CCOP(=O)(OCC)C(F)CCCC(F)P(=O)(OCC)OCC. The maximum atomic E-state index is 14.1. The van der Waals surface area contributed by atoms with Gasteiger partial charge in [0.1, 0.15) is 0 Å². The summed E-state index contributed by atoms with van der Waals surface area (Å²) in [6.07, 6.45) is -0.442. The van der Waals surface area contributed by atoms with Crippen LogP contribution in [0.3, 0.4) is 0 Å². The zero-order valence-corrected chi connectivity index (χ0v) is 16.0. The Morgan fingerprint density at radius 2 is 0.957 bits per heavy atom. The number of alkyl halides is 2. The van der Waals surface area contributed by atoms with Gasteiger partial charge in [0.25, 0.3) is 0 Å². The smallest absolute Gasteiger partial charge is 0.307 e. The molecule has 10 heteroatoms. The van der Waals surface area contributed by atoms with E-state index in [0.29, 0.717) is 0 Å². The minimum absolute atomic E-state index is 0.0105. The molecule has 0 aromatic heterocycles. The summed E-state index contributed by atoms with van der Waals surface area (Å²) in [5, 5.41) is 0. The number of halogens is 2. The van der Waals surface area contributed by atoms with Crippen molar-refractivity contribution in [1.29, 1.82) is 0 Å². The second-order valence-electron chi connectivity index (χ2n) is 4.55. The van der Waals surface area contributed by atoms with Crippen LogP contribution in [0.2, 0.25) is 0 Å². The zero-order chi connectivity index (χ0) is 17.9. The van der Waals surface area contributed by atoms with Gasteiger partial charge < -0.3 is 18.1 Å². The van der Waals surface area contributed by atoms with E-state index in [0.717, 1.165) is 0 Å². The van der Waals surface area contributed by atoms with Gasteiger partial charge in [-0.2, -0.15) is 0 Å². The van der Waals surface area contributed by atoms with Crippen molar-refractivity contribution < 1.29 is 36.0 Å². The highest BCUT2D eigenvalue weighted by Crippen LogP contribution is 2.57. The highest BCUT2D eigenvalue weighted by atomic mass is 31.2. The van der Waals surface area contributed by atoms with Gasteiger partial charge in [-0.3, -0.25) is 9.13 Å². The van der Waals surface area contributed by atoms with Crippen molar-refractivity contribution >= 4 is 15.2 Å². The van der Waals surface area contributed by atoms with Gasteiger partial charge >= 0.3 is 15.2 Å². The fraction of sp³-hybridized carbons (Fsp3) is 1.00. The predicted molar refractivity (Wildman–Crippen MR) is 85.4 cm³/mol. The fourth-order valence-corrected chi connectivity index (χ4v) is 5.12. The van der Waals surface area contributed by atoms with Gasteiger partial charge in [0.2, 0.25) is 11.8 Å². The maximum absolute atomic E-state index is 14.1. The molecular formula is C13H28F2O6P2. The molecule has 0 bridgehead atoms. The van der Waals surface area contributed by atoms with E-state index in [9.17, 15) is 17.9 Å². The van der Waals surface area contributed by atoms with Crippen LogP contribution in [0.25, 0.3) is 0 Å². The molecule has 0 radical (unpaired) electrons. The first kappa shape index (κ1) is 23.2. The van der Waals surface area contributed by atoms with E-state index in [2.05, 4.69) is 0 Å². The van der Waals surface area contributed by atoms with Crippen LogP contribution < -0.4 is 0 Å². The molecule has 23 heavy (non-hydrogen) atoms. The topological polar surface area (TPSA) is 71.1 Å². The molecule has 6 nitrogen and oxygen atoms in total. The number of hydrogen-bond acceptors (Lipinski definition) is 6. The summed E-state index contributed by atoms with van der Waals surface area (Å²) in [5.41, 5.74) is 0. The normalized spacial score (nSPS) is 15.6. The Kier molecular flexibility index (Phi) is 11.7. The summed E-state index contributed by atoms with van der Waals surface area (Å²) >= 11 is 0. The van der Waals surface area contributed by atoms with Gasteiger partial charge in [0.15, 0.2) is 0 Å². The molecular weight excluding hydrogens is 352 g/mol. The minimum atomic E-state index is -3.86. The monoisotopic (exact) mass is 380 g/mol. The third-order valence-corrected chi connectivity index (χ3v) is 7.17. The molecule has 0 aliphatic carbocycles. The average molecular weight is 380 g/mol. The van der Waals surface area contributed by atoms with Gasteiger partial charge in [-0.1, -0.05) is 0 Å². The van der Waals surface area contributed by atoms with Crippen LogP contribution in [0.5, 0.6) is 0 Å². The third-order valence-electron chi connectivity index (χ3n) is 2.81. The van der Waals surface area contributed by atoms with Crippen molar-refractivity contribution in [1.82, 2.24) is 0 Å². The number of hydrogen-bond donors (Lipinski definition) is 0. The first-order valence-electron chi connectivity index (χ1n) is 7.85. The van der Waals surface area contributed by atoms with E-state index >= 15 is 0 Å². The van der Waals surface area contributed by atoms with E-state index in [1.807, 2.05) is 0 Å². The fourth-order valence-electron chi connectivity index (χ4n) is 1.89. The molecule has 0 fully saturated rings. The van der Waals surface area contributed by atoms with Crippen LogP contribution in [-0.4, -0.2) is 38.3 Å². The lowest BCUT2D eigenvalue weighted by atomic mass is 10.3. The Morgan fingerprint density at radius 3 is 1.17 bits per heavy atom. The van der Waals surface area contributed by atoms with Crippen molar-refractivity contribution in [2.75, 3.05) is 26.4 Å². The molecule has 0 spiro atoms. The van der Waals surface area contributed by atoms with Gasteiger partial charge in [-0.15, -0.1) is 0 Å². The summed E-state index contributed by atoms with van der Waals surface area (Å²) in [4.78, 5) is 0. The van der Waals surface area contributed by atoms with Crippen molar-refractivity contribution in [3.63, 3.8) is 0 Å². The van der Waals surface area contributed by atoms with Crippen LogP contribution in [0, 0.1) is 0 Å². The molecule has 0 rings (SSSR count). The second-order valence-corrected chi connectivity index (χ2v) is 8.86. The largest absolute Gasteiger partial charge is 0.364 e. The van der Waals surface area contributed by atoms with Gasteiger partial charge in [-0.05, 0) is 47.0 Å². The lowest BCUT2D eigenvalue weighted by Crippen LogP contribution is -2.12. The minimum Gasteiger partial charge on any atom is -0.307 e. The Morgan fingerprint density at radius 1 is 0.696 bits per heavy atom.